The number of morpholine rings is 1. The van der Waals surface area contributed by atoms with Crippen molar-refractivity contribution >= 4 is 27.7 Å². The number of anilines is 2. The fraction of sp³-hybridized carbons (Fsp3) is 0.333. The smallest absolute Gasteiger partial charge is 0.228 e. The average molecular weight is 325 g/mol. The van der Waals surface area contributed by atoms with Crippen molar-refractivity contribution < 1.29 is 9.15 Å². The van der Waals surface area contributed by atoms with E-state index in [1.165, 1.54) is 0 Å². The Morgan fingerprint density at radius 1 is 1.21 bits per heavy atom. The number of ether oxygens (including phenoxy) is 1. The van der Waals surface area contributed by atoms with E-state index in [4.69, 9.17) is 14.9 Å². The predicted octanol–water partition coefficient (Wildman–Crippen LogP) is 1.92. The number of halogens is 1. The third-order valence-electron chi connectivity index (χ3n) is 2.85. The Hall–Kier alpha value is -1.60. The molecule has 0 aromatic carbocycles. The molecule has 2 N–H and O–H groups in total. The van der Waals surface area contributed by atoms with Gasteiger partial charge in [0.1, 0.15) is 11.5 Å². The molecule has 19 heavy (non-hydrogen) atoms. The second-order valence-electron chi connectivity index (χ2n) is 4.18. The summed E-state index contributed by atoms with van der Waals surface area (Å²) in [6, 6.07) is 5.37. The molecule has 7 heteroatoms. The Bertz CT molecular complexity index is 581. The molecule has 1 aliphatic rings. The second-order valence-corrected chi connectivity index (χ2v) is 4.96. The molecule has 0 spiro atoms. The van der Waals surface area contributed by atoms with Gasteiger partial charge in [0, 0.05) is 19.2 Å². The molecule has 2 aromatic heterocycles. The molecule has 3 heterocycles. The number of hydrogen-bond donors (Lipinski definition) is 1. The highest BCUT2D eigenvalue weighted by Gasteiger charge is 2.16. The monoisotopic (exact) mass is 324 g/mol. The molecular weight excluding hydrogens is 312 g/mol. The van der Waals surface area contributed by atoms with Gasteiger partial charge in [0.15, 0.2) is 10.4 Å². The van der Waals surface area contributed by atoms with Crippen LogP contribution in [0.25, 0.3) is 11.5 Å². The first-order chi connectivity index (χ1) is 9.22. The highest BCUT2D eigenvalue weighted by Crippen LogP contribution is 2.26. The van der Waals surface area contributed by atoms with Crippen LogP contribution in [0.15, 0.2) is 27.3 Å². The zero-order valence-electron chi connectivity index (χ0n) is 10.2. The molecule has 3 rings (SSSR count). The topological polar surface area (TPSA) is 77.4 Å². The van der Waals surface area contributed by atoms with Crippen molar-refractivity contribution in [2.75, 3.05) is 36.9 Å². The van der Waals surface area contributed by atoms with E-state index in [0.29, 0.717) is 41.1 Å². The normalized spacial score (nSPS) is 15.7. The standard InChI is InChI=1S/C12H13BrN4O2/c13-10-2-1-9(19-10)8-7-11(14)16-12(15-8)17-3-5-18-6-4-17/h1-2,7H,3-6H2,(H2,14,15,16). The first kappa shape index (κ1) is 12.4. The van der Waals surface area contributed by atoms with Gasteiger partial charge in [0.2, 0.25) is 5.95 Å². The highest BCUT2D eigenvalue weighted by molar-refractivity contribution is 9.10. The Balaban J connectivity index is 1.95. The highest BCUT2D eigenvalue weighted by atomic mass is 79.9. The lowest BCUT2D eigenvalue weighted by molar-refractivity contribution is 0.122. The SMILES string of the molecule is Nc1cc(-c2ccc(Br)o2)nc(N2CCOCC2)n1. The molecule has 0 saturated carbocycles. The van der Waals surface area contributed by atoms with Crippen molar-refractivity contribution in [2.45, 2.75) is 0 Å². The Labute approximate surface area is 118 Å². The van der Waals surface area contributed by atoms with E-state index in [9.17, 15) is 0 Å². The van der Waals surface area contributed by atoms with Crippen LogP contribution in [-0.4, -0.2) is 36.3 Å². The van der Waals surface area contributed by atoms with Gasteiger partial charge in [-0.3, -0.25) is 0 Å². The minimum absolute atomic E-state index is 0.430. The largest absolute Gasteiger partial charge is 0.448 e. The minimum atomic E-state index is 0.430. The zero-order chi connectivity index (χ0) is 13.2. The van der Waals surface area contributed by atoms with Crippen molar-refractivity contribution in [3.63, 3.8) is 0 Å². The Morgan fingerprint density at radius 3 is 2.68 bits per heavy atom. The zero-order valence-corrected chi connectivity index (χ0v) is 11.8. The van der Waals surface area contributed by atoms with E-state index >= 15 is 0 Å². The second kappa shape index (κ2) is 5.18. The van der Waals surface area contributed by atoms with E-state index < -0.39 is 0 Å². The fourth-order valence-electron chi connectivity index (χ4n) is 1.94. The summed E-state index contributed by atoms with van der Waals surface area (Å²) in [6.45, 7) is 2.90. The van der Waals surface area contributed by atoms with Gasteiger partial charge in [-0.15, -0.1) is 0 Å². The van der Waals surface area contributed by atoms with Crippen molar-refractivity contribution in [3.8, 4) is 11.5 Å². The molecule has 1 aliphatic heterocycles. The quantitative estimate of drug-likeness (QED) is 0.909. The molecule has 0 unspecified atom stereocenters. The van der Waals surface area contributed by atoms with Crippen LogP contribution in [-0.2, 0) is 4.74 Å². The lowest BCUT2D eigenvalue weighted by Crippen LogP contribution is -2.37. The molecule has 2 aromatic rings. The summed E-state index contributed by atoms with van der Waals surface area (Å²) in [4.78, 5) is 10.8. The average Bonchev–Trinajstić information content (AvgIpc) is 2.86. The molecule has 6 nitrogen and oxygen atoms in total. The lowest BCUT2D eigenvalue weighted by atomic mass is 10.3. The minimum Gasteiger partial charge on any atom is -0.448 e. The van der Waals surface area contributed by atoms with Crippen molar-refractivity contribution in [1.82, 2.24) is 9.97 Å². The number of hydrogen-bond acceptors (Lipinski definition) is 6. The summed E-state index contributed by atoms with van der Waals surface area (Å²) in [6.07, 6.45) is 0. The van der Waals surface area contributed by atoms with E-state index in [0.717, 1.165) is 13.1 Å². The van der Waals surface area contributed by atoms with Crippen LogP contribution in [0.1, 0.15) is 0 Å². The maximum Gasteiger partial charge on any atom is 0.228 e. The van der Waals surface area contributed by atoms with E-state index in [1.807, 2.05) is 12.1 Å². The van der Waals surface area contributed by atoms with E-state index in [2.05, 4.69) is 30.8 Å². The summed E-state index contributed by atoms with van der Waals surface area (Å²) in [5.74, 6) is 1.71. The van der Waals surface area contributed by atoms with Crippen LogP contribution in [0.2, 0.25) is 0 Å². The van der Waals surface area contributed by atoms with Gasteiger partial charge in [0.05, 0.1) is 13.2 Å². The summed E-state index contributed by atoms with van der Waals surface area (Å²) in [7, 11) is 0. The van der Waals surface area contributed by atoms with Gasteiger partial charge in [-0.2, -0.15) is 4.98 Å². The van der Waals surface area contributed by atoms with Crippen LogP contribution in [0.4, 0.5) is 11.8 Å². The van der Waals surface area contributed by atoms with E-state index in [-0.39, 0.29) is 0 Å². The van der Waals surface area contributed by atoms with Gasteiger partial charge >= 0.3 is 0 Å². The van der Waals surface area contributed by atoms with E-state index in [1.54, 1.807) is 6.07 Å². The van der Waals surface area contributed by atoms with Crippen molar-refractivity contribution in [2.24, 2.45) is 0 Å². The fourth-order valence-corrected chi connectivity index (χ4v) is 2.24. The van der Waals surface area contributed by atoms with Gasteiger partial charge in [-0.05, 0) is 28.1 Å². The first-order valence-electron chi connectivity index (χ1n) is 5.95. The summed E-state index contributed by atoms with van der Waals surface area (Å²) in [5, 5.41) is 0. The number of furan rings is 1. The number of rotatable bonds is 2. The molecule has 0 radical (unpaired) electrons. The van der Waals surface area contributed by atoms with Gasteiger partial charge in [-0.25, -0.2) is 4.98 Å². The number of nitrogens with two attached hydrogens (primary N) is 1. The van der Waals surface area contributed by atoms with Crippen LogP contribution in [0.3, 0.4) is 0 Å². The molecular formula is C12H13BrN4O2. The maximum absolute atomic E-state index is 5.85. The van der Waals surface area contributed by atoms with Crippen LogP contribution in [0, 0.1) is 0 Å². The maximum atomic E-state index is 5.85. The summed E-state index contributed by atoms with van der Waals surface area (Å²) < 4.78 is 11.5. The number of nitrogens with zero attached hydrogens (tertiary/aromatic N) is 3. The molecule has 1 fully saturated rings. The van der Waals surface area contributed by atoms with Gasteiger partial charge in [-0.1, -0.05) is 0 Å². The third kappa shape index (κ3) is 2.71. The first-order valence-corrected chi connectivity index (χ1v) is 6.74. The van der Waals surface area contributed by atoms with Crippen molar-refractivity contribution in [1.29, 1.82) is 0 Å². The van der Waals surface area contributed by atoms with Crippen LogP contribution < -0.4 is 10.6 Å². The molecule has 0 bridgehead atoms. The summed E-state index contributed by atoms with van der Waals surface area (Å²) >= 11 is 3.27. The van der Waals surface area contributed by atoms with Crippen LogP contribution in [0.5, 0.6) is 0 Å². The number of aromatic nitrogens is 2. The molecule has 1 saturated heterocycles. The Kier molecular flexibility index (Phi) is 3.39. The third-order valence-corrected chi connectivity index (χ3v) is 3.28. The summed E-state index contributed by atoms with van der Waals surface area (Å²) in [5.41, 5.74) is 6.53. The lowest BCUT2D eigenvalue weighted by Gasteiger charge is -2.26. The van der Waals surface area contributed by atoms with Gasteiger partial charge in [0.25, 0.3) is 0 Å². The molecule has 0 aliphatic carbocycles. The predicted molar refractivity (Wildman–Crippen MR) is 74.9 cm³/mol. The molecule has 0 amide bonds. The van der Waals surface area contributed by atoms with Crippen LogP contribution >= 0.6 is 15.9 Å². The van der Waals surface area contributed by atoms with Crippen molar-refractivity contribution in [3.05, 3.63) is 22.9 Å². The molecule has 0 atom stereocenters. The molecule has 100 valence electrons. The van der Waals surface area contributed by atoms with Gasteiger partial charge < -0.3 is 19.8 Å². The Morgan fingerprint density at radius 2 is 2.00 bits per heavy atom. The number of nitrogen functional groups attached to an aromatic ring is 1.